The van der Waals surface area contributed by atoms with Crippen LogP contribution in [0.2, 0.25) is 0 Å². The summed E-state index contributed by atoms with van der Waals surface area (Å²) in [4.78, 5) is 0. The van der Waals surface area contributed by atoms with E-state index in [1.807, 2.05) is 13.8 Å². The van der Waals surface area contributed by atoms with Crippen molar-refractivity contribution in [3.63, 3.8) is 0 Å². The Hall–Kier alpha value is -1.24. The Kier molecular flexibility index (Phi) is 7.43. The molecule has 0 amide bonds. The summed E-state index contributed by atoms with van der Waals surface area (Å²) in [5.41, 5.74) is 0.147. The third-order valence-corrected chi connectivity index (χ3v) is 2.45. The maximum absolute atomic E-state index is 13.3. The summed E-state index contributed by atoms with van der Waals surface area (Å²) in [6.07, 6.45) is -0.634. The number of rotatable bonds is 9. The van der Waals surface area contributed by atoms with Crippen molar-refractivity contribution in [3.8, 4) is 0 Å². The van der Waals surface area contributed by atoms with Gasteiger partial charge in [-0.05, 0) is 26.0 Å². The molecule has 0 spiro atoms. The summed E-state index contributed by atoms with van der Waals surface area (Å²) in [7, 11) is 0. The maximum Gasteiger partial charge on any atom is 0.149 e. The van der Waals surface area contributed by atoms with E-state index >= 15 is 0 Å². The third kappa shape index (κ3) is 6.79. The molecule has 114 valence electrons. The number of benzene rings is 1. The molecule has 1 aromatic carbocycles. The lowest BCUT2D eigenvalue weighted by Crippen LogP contribution is -2.26. The predicted molar refractivity (Wildman–Crippen MR) is 72.8 cm³/mol. The van der Waals surface area contributed by atoms with E-state index in [-0.39, 0.29) is 24.9 Å². The molecule has 4 nitrogen and oxygen atoms in total. The predicted octanol–water partition coefficient (Wildman–Crippen LogP) is 2.18. The van der Waals surface area contributed by atoms with Crippen LogP contribution in [0.1, 0.15) is 13.8 Å². The van der Waals surface area contributed by atoms with Gasteiger partial charge in [0.15, 0.2) is 0 Å². The molecular formula is C14H21F2NO3. The molecule has 6 heteroatoms. The average molecular weight is 289 g/mol. The number of nitrogens with one attached hydrogen (secondary N) is 1. The number of aliphatic hydroxyl groups excluding tert-OH is 1. The Labute approximate surface area is 117 Å². The summed E-state index contributed by atoms with van der Waals surface area (Å²) >= 11 is 0. The Morgan fingerprint density at radius 1 is 1.25 bits per heavy atom. The fourth-order valence-electron chi connectivity index (χ4n) is 1.48. The number of halogens is 2. The van der Waals surface area contributed by atoms with Gasteiger partial charge in [-0.25, -0.2) is 8.78 Å². The monoisotopic (exact) mass is 289 g/mol. The Balaban J connectivity index is 2.18. The van der Waals surface area contributed by atoms with Crippen molar-refractivity contribution in [1.29, 1.82) is 0 Å². The number of anilines is 1. The highest BCUT2D eigenvalue weighted by atomic mass is 19.1. The van der Waals surface area contributed by atoms with E-state index in [0.29, 0.717) is 13.2 Å². The van der Waals surface area contributed by atoms with Gasteiger partial charge < -0.3 is 19.9 Å². The second-order valence-electron chi connectivity index (χ2n) is 4.65. The van der Waals surface area contributed by atoms with Crippen molar-refractivity contribution in [1.82, 2.24) is 0 Å². The first kappa shape index (κ1) is 16.8. The molecule has 0 saturated carbocycles. The lowest BCUT2D eigenvalue weighted by atomic mass is 10.3. The Morgan fingerprint density at radius 3 is 2.65 bits per heavy atom. The third-order valence-electron chi connectivity index (χ3n) is 2.45. The van der Waals surface area contributed by atoms with Gasteiger partial charge >= 0.3 is 0 Å². The summed E-state index contributed by atoms with van der Waals surface area (Å²) in [5, 5.41) is 12.3. The lowest BCUT2D eigenvalue weighted by Gasteiger charge is -2.14. The Bertz CT molecular complexity index is 402. The SMILES string of the molecule is CC(C)OCCOCC(O)CNc1ccc(F)cc1F. The van der Waals surface area contributed by atoms with Gasteiger partial charge in [0, 0.05) is 12.6 Å². The molecule has 0 aromatic heterocycles. The quantitative estimate of drug-likeness (QED) is 0.684. The van der Waals surface area contributed by atoms with Gasteiger partial charge in [-0.2, -0.15) is 0 Å². The highest BCUT2D eigenvalue weighted by molar-refractivity contribution is 5.44. The first-order chi connectivity index (χ1) is 9.49. The molecule has 0 bridgehead atoms. The molecule has 1 atom stereocenters. The van der Waals surface area contributed by atoms with Gasteiger partial charge in [-0.1, -0.05) is 0 Å². The van der Waals surface area contributed by atoms with Crippen molar-refractivity contribution in [3.05, 3.63) is 29.8 Å². The van der Waals surface area contributed by atoms with Crippen molar-refractivity contribution >= 4 is 5.69 Å². The zero-order chi connectivity index (χ0) is 15.0. The number of hydrogen-bond acceptors (Lipinski definition) is 4. The molecule has 0 fully saturated rings. The molecule has 1 aromatic rings. The van der Waals surface area contributed by atoms with Crippen LogP contribution in [0, 0.1) is 11.6 Å². The smallest absolute Gasteiger partial charge is 0.149 e. The first-order valence-electron chi connectivity index (χ1n) is 6.55. The largest absolute Gasteiger partial charge is 0.389 e. The van der Waals surface area contributed by atoms with Crippen LogP contribution in [0.15, 0.2) is 18.2 Å². The van der Waals surface area contributed by atoms with Crippen LogP contribution in [0.5, 0.6) is 0 Å². The van der Waals surface area contributed by atoms with Gasteiger partial charge in [0.05, 0.1) is 37.7 Å². The van der Waals surface area contributed by atoms with Gasteiger partial charge in [-0.3, -0.25) is 0 Å². The van der Waals surface area contributed by atoms with E-state index in [0.717, 1.165) is 12.1 Å². The van der Waals surface area contributed by atoms with E-state index in [1.165, 1.54) is 6.07 Å². The maximum atomic E-state index is 13.3. The van der Waals surface area contributed by atoms with E-state index in [4.69, 9.17) is 9.47 Å². The first-order valence-corrected chi connectivity index (χ1v) is 6.55. The molecule has 20 heavy (non-hydrogen) atoms. The highest BCUT2D eigenvalue weighted by Gasteiger charge is 2.07. The van der Waals surface area contributed by atoms with Gasteiger partial charge in [0.2, 0.25) is 0 Å². The fourth-order valence-corrected chi connectivity index (χ4v) is 1.48. The molecule has 1 rings (SSSR count). The van der Waals surface area contributed by atoms with Crippen molar-refractivity contribution < 1.29 is 23.4 Å². The summed E-state index contributed by atoms with van der Waals surface area (Å²) < 4.78 is 36.5. The minimum Gasteiger partial charge on any atom is -0.389 e. The standard InChI is InChI=1S/C14H21F2NO3/c1-10(2)20-6-5-19-9-12(18)8-17-14-4-3-11(15)7-13(14)16/h3-4,7,10,12,17-18H,5-6,8-9H2,1-2H3. The summed E-state index contributed by atoms with van der Waals surface area (Å²) in [5.74, 6) is -1.33. The number of aliphatic hydroxyl groups is 1. The molecule has 0 aliphatic carbocycles. The molecule has 1 unspecified atom stereocenters. The van der Waals surface area contributed by atoms with E-state index in [1.54, 1.807) is 0 Å². The number of hydrogen-bond donors (Lipinski definition) is 2. The van der Waals surface area contributed by atoms with Crippen molar-refractivity contribution in [2.45, 2.75) is 26.1 Å². The van der Waals surface area contributed by atoms with Gasteiger partial charge in [-0.15, -0.1) is 0 Å². The van der Waals surface area contributed by atoms with E-state index < -0.39 is 17.7 Å². The average Bonchev–Trinajstić information content (AvgIpc) is 2.37. The molecule has 0 aliphatic rings. The molecule has 0 saturated heterocycles. The molecular weight excluding hydrogens is 268 g/mol. The molecule has 0 aliphatic heterocycles. The van der Waals surface area contributed by atoms with Crippen LogP contribution in [-0.2, 0) is 9.47 Å². The van der Waals surface area contributed by atoms with E-state index in [2.05, 4.69) is 5.32 Å². The van der Waals surface area contributed by atoms with Gasteiger partial charge in [0.25, 0.3) is 0 Å². The normalized spacial score (nSPS) is 12.7. The van der Waals surface area contributed by atoms with Crippen LogP contribution in [-0.4, -0.2) is 43.7 Å². The van der Waals surface area contributed by atoms with Crippen molar-refractivity contribution in [2.75, 3.05) is 31.7 Å². The second-order valence-corrected chi connectivity index (χ2v) is 4.65. The second kappa shape index (κ2) is 8.84. The zero-order valence-electron chi connectivity index (χ0n) is 11.7. The van der Waals surface area contributed by atoms with Crippen LogP contribution in [0.4, 0.5) is 14.5 Å². The fraction of sp³-hybridized carbons (Fsp3) is 0.571. The molecule has 0 radical (unpaired) electrons. The summed E-state index contributed by atoms with van der Waals surface area (Å²) in [6.45, 7) is 4.95. The highest BCUT2D eigenvalue weighted by Crippen LogP contribution is 2.14. The van der Waals surface area contributed by atoms with Crippen LogP contribution in [0.25, 0.3) is 0 Å². The lowest BCUT2D eigenvalue weighted by molar-refractivity contribution is -0.00735. The summed E-state index contributed by atoms with van der Waals surface area (Å²) in [6, 6.07) is 3.22. The molecule has 0 heterocycles. The minimum absolute atomic E-state index is 0.119. The topological polar surface area (TPSA) is 50.7 Å². The van der Waals surface area contributed by atoms with Crippen LogP contribution < -0.4 is 5.32 Å². The zero-order valence-corrected chi connectivity index (χ0v) is 11.7. The minimum atomic E-state index is -0.779. The van der Waals surface area contributed by atoms with E-state index in [9.17, 15) is 13.9 Å². The van der Waals surface area contributed by atoms with Crippen LogP contribution >= 0.6 is 0 Å². The number of ether oxygens (including phenoxy) is 2. The Morgan fingerprint density at radius 2 is 2.00 bits per heavy atom. The molecule has 2 N–H and O–H groups in total. The van der Waals surface area contributed by atoms with Crippen LogP contribution in [0.3, 0.4) is 0 Å². The van der Waals surface area contributed by atoms with Crippen molar-refractivity contribution in [2.24, 2.45) is 0 Å². The van der Waals surface area contributed by atoms with Gasteiger partial charge in [0.1, 0.15) is 11.6 Å².